The van der Waals surface area contributed by atoms with Gasteiger partial charge in [0.25, 0.3) is 5.91 Å². The van der Waals surface area contributed by atoms with Crippen molar-refractivity contribution >= 4 is 17.3 Å². The third-order valence-corrected chi connectivity index (χ3v) is 2.66. The lowest BCUT2D eigenvalue weighted by Gasteiger charge is -2.09. The molecule has 0 radical (unpaired) electrons. The fraction of sp³-hybridized carbons (Fsp3) is 0.0714. The van der Waals surface area contributed by atoms with Crippen molar-refractivity contribution in [2.75, 3.05) is 11.1 Å². The molecule has 0 aliphatic carbocycles. The summed E-state index contributed by atoms with van der Waals surface area (Å²) in [6.07, 6.45) is 0. The van der Waals surface area contributed by atoms with Gasteiger partial charge >= 0.3 is 0 Å². The van der Waals surface area contributed by atoms with Crippen LogP contribution in [-0.4, -0.2) is 5.91 Å². The maximum Gasteiger partial charge on any atom is 0.255 e. The van der Waals surface area contributed by atoms with E-state index in [0.717, 1.165) is 11.3 Å². The highest BCUT2D eigenvalue weighted by Gasteiger charge is 2.07. The zero-order chi connectivity index (χ0) is 13.0. The Morgan fingerprint density at radius 3 is 2.39 bits per heavy atom. The lowest BCUT2D eigenvalue weighted by Crippen LogP contribution is -2.14. The second-order valence-corrected chi connectivity index (χ2v) is 3.94. The van der Waals surface area contributed by atoms with Crippen molar-refractivity contribution < 1.29 is 4.79 Å². The Morgan fingerprint density at radius 1 is 1.06 bits per heavy atom. The van der Waals surface area contributed by atoms with Crippen molar-refractivity contribution in [2.45, 2.75) is 6.54 Å². The Hall–Kier alpha value is -2.33. The van der Waals surface area contributed by atoms with E-state index >= 15 is 0 Å². The summed E-state index contributed by atoms with van der Waals surface area (Å²) in [6, 6.07) is 14.2. The van der Waals surface area contributed by atoms with Gasteiger partial charge in [-0.25, -0.2) is 0 Å². The van der Waals surface area contributed by atoms with Crippen molar-refractivity contribution in [1.29, 1.82) is 0 Å². The van der Waals surface area contributed by atoms with Crippen molar-refractivity contribution in [1.82, 2.24) is 0 Å². The zero-order valence-electron chi connectivity index (χ0n) is 9.89. The number of carbonyl (C=O) groups is 1. The summed E-state index contributed by atoms with van der Waals surface area (Å²) in [5.74, 6) is -0.170. The highest BCUT2D eigenvalue weighted by Crippen LogP contribution is 2.15. The van der Waals surface area contributed by atoms with Crippen LogP contribution in [0.2, 0.25) is 0 Å². The molecule has 2 aromatic rings. The summed E-state index contributed by atoms with van der Waals surface area (Å²) in [4.78, 5) is 12.0. The number of hydrogen-bond acceptors (Lipinski definition) is 3. The van der Waals surface area contributed by atoms with Gasteiger partial charge in [0, 0.05) is 23.5 Å². The van der Waals surface area contributed by atoms with Gasteiger partial charge in [0.1, 0.15) is 0 Å². The van der Waals surface area contributed by atoms with Gasteiger partial charge < -0.3 is 16.8 Å². The third-order valence-electron chi connectivity index (χ3n) is 2.66. The van der Waals surface area contributed by atoms with E-state index in [1.54, 1.807) is 24.3 Å². The van der Waals surface area contributed by atoms with Crippen LogP contribution in [0.15, 0.2) is 48.5 Å². The molecule has 0 saturated heterocycles. The minimum absolute atomic E-state index is 0.170. The van der Waals surface area contributed by atoms with Crippen molar-refractivity contribution in [3.05, 3.63) is 59.7 Å². The van der Waals surface area contributed by atoms with Crippen LogP contribution >= 0.6 is 0 Å². The Balaban J connectivity index is 2.18. The Kier molecular flexibility index (Phi) is 3.60. The van der Waals surface area contributed by atoms with Gasteiger partial charge in [-0.3, -0.25) is 4.79 Å². The van der Waals surface area contributed by atoms with E-state index in [4.69, 9.17) is 11.5 Å². The van der Waals surface area contributed by atoms with Crippen LogP contribution in [0.3, 0.4) is 0 Å². The second kappa shape index (κ2) is 5.33. The van der Waals surface area contributed by atoms with E-state index in [-0.39, 0.29) is 5.91 Å². The van der Waals surface area contributed by atoms with Gasteiger partial charge in [-0.1, -0.05) is 18.2 Å². The van der Waals surface area contributed by atoms with E-state index < -0.39 is 0 Å². The Bertz CT molecular complexity index is 549. The minimum Gasteiger partial charge on any atom is -0.399 e. The number of hydrogen-bond donors (Lipinski definition) is 3. The lowest BCUT2D eigenvalue weighted by molar-refractivity contribution is 0.102. The molecule has 92 valence electrons. The maximum atomic E-state index is 12.0. The average Bonchev–Trinajstić information content (AvgIpc) is 2.40. The molecule has 0 heterocycles. The monoisotopic (exact) mass is 241 g/mol. The lowest BCUT2D eigenvalue weighted by atomic mass is 10.1. The molecule has 0 atom stereocenters. The molecule has 0 bridgehead atoms. The zero-order valence-corrected chi connectivity index (χ0v) is 9.89. The number of para-hydroxylation sites is 1. The average molecular weight is 241 g/mol. The van der Waals surface area contributed by atoms with Crippen LogP contribution in [0, 0.1) is 0 Å². The van der Waals surface area contributed by atoms with E-state index in [1.165, 1.54) is 0 Å². The van der Waals surface area contributed by atoms with Crippen LogP contribution < -0.4 is 16.8 Å². The molecule has 5 N–H and O–H groups in total. The van der Waals surface area contributed by atoms with Crippen molar-refractivity contribution in [3.8, 4) is 0 Å². The molecule has 0 spiro atoms. The molecule has 4 heteroatoms. The predicted octanol–water partition coefficient (Wildman–Crippen LogP) is 1.98. The van der Waals surface area contributed by atoms with Crippen molar-refractivity contribution in [3.63, 3.8) is 0 Å². The Morgan fingerprint density at radius 2 is 1.72 bits per heavy atom. The smallest absolute Gasteiger partial charge is 0.255 e. The van der Waals surface area contributed by atoms with Crippen molar-refractivity contribution in [2.24, 2.45) is 5.73 Å². The highest BCUT2D eigenvalue weighted by atomic mass is 16.1. The summed E-state index contributed by atoms with van der Waals surface area (Å²) in [5.41, 5.74) is 14.0. The second-order valence-electron chi connectivity index (χ2n) is 3.94. The van der Waals surface area contributed by atoms with E-state index in [1.807, 2.05) is 24.3 Å². The number of carbonyl (C=O) groups excluding carboxylic acids is 1. The van der Waals surface area contributed by atoms with Crippen LogP contribution in [-0.2, 0) is 6.54 Å². The van der Waals surface area contributed by atoms with Gasteiger partial charge in [0.2, 0.25) is 0 Å². The molecule has 0 saturated carbocycles. The number of amides is 1. The quantitative estimate of drug-likeness (QED) is 0.719. The molecule has 0 unspecified atom stereocenters. The van der Waals surface area contributed by atoms with Crippen LogP contribution in [0.4, 0.5) is 11.4 Å². The number of nitrogen functional groups attached to an aromatic ring is 1. The summed E-state index contributed by atoms with van der Waals surface area (Å²) in [6.45, 7) is 0.387. The summed E-state index contributed by atoms with van der Waals surface area (Å²) in [7, 11) is 0. The Labute approximate surface area is 106 Å². The molecule has 0 aliphatic rings. The SMILES string of the molecule is NCc1ccccc1NC(=O)c1ccc(N)cc1. The molecule has 1 amide bonds. The van der Waals surface area contributed by atoms with Gasteiger partial charge in [-0.05, 0) is 35.9 Å². The molecule has 0 aromatic heterocycles. The molecule has 2 aromatic carbocycles. The number of rotatable bonds is 3. The topological polar surface area (TPSA) is 81.1 Å². The van der Waals surface area contributed by atoms with E-state index in [9.17, 15) is 4.79 Å². The van der Waals surface area contributed by atoms with Gasteiger partial charge in [0.05, 0.1) is 0 Å². The molecular weight excluding hydrogens is 226 g/mol. The summed E-state index contributed by atoms with van der Waals surface area (Å²) >= 11 is 0. The largest absolute Gasteiger partial charge is 0.399 e. The van der Waals surface area contributed by atoms with Crippen LogP contribution in [0.1, 0.15) is 15.9 Å². The standard InChI is InChI=1S/C14H15N3O/c15-9-11-3-1-2-4-13(11)17-14(18)10-5-7-12(16)8-6-10/h1-8H,9,15-16H2,(H,17,18). The summed E-state index contributed by atoms with van der Waals surface area (Å²) in [5, 5.41) is 2.84. The maximum absolute atomic E-state index is 12.0. The number of nitrogens with one attached hydrogen (secondary N) is 1. The fourth-order valence-corrected chi connectivity index (χ4v) is 1.65. The fourth-order valence-electron chi connectivity index (χ4n) is 1.65. The number of nitrogens with two attached hydrogens (primary N) is 2. The van der Waals surface area contributed by atoms with Gasteiger partial charge in [-0.2, -0.15) is 0 Å². The summed E-state index contributed by atoms with van der Waals surface area (Å²) < 4.78 is 0. The van der Waals surface area contributed by atoms with Crippen LogP contribution in [0.5, 0.6) is 0 Å². The molecule has 0 fully saturated rings. The first-order valence-corrected chi connectivity index (χ1v) is 5.65. The predicted molar refractivity (Wildman–Crippen MR) is 73.1 cm³/mol. The normalized spacial score (nSPS) is 10.1. The van der Waals surface area contributed by atoms with Crippen LogP contribution in [0.25, 0.3) is 0 Å². The molecular formula is C14H15N3O. The van der Waals surface area contributed by atoms with E-state index in [0.29, 0.717) is 17.8 Å². The van der Waals surface area contributed by atoms with E-state index in [2.05, 4.69) is 5.32 Å². The molecule has 4 nitrogen and oxygen atoms in total. The molecule has 0 aliphatic heterocycles. The first kappa shape index (κ1) is 12.1. The number of anilines is 2. The first-order chi connectivity index (χ1) is 8.70. The highest BCUT2D eigenvalue weighted by molar-refractivity contribution is 6.04. The number of benzene rings is 2. The minimum atomic E-state index is -0.170. The van der Waals surface area contributed by atoms with Gasteiger partial charge in [0.15, 0.2) is 0 Å². The molecule has 18 heavy (non-hydrogen) atoms. The van der Waals surface area contributed by atoms with Gasteiger partial charge in [-0.15, -0.1) is 0 Å². The third kappa shape index (κ3) is 2.67. The first-order valence-electron chi connectivity index (χ1n) is 5.65. The molecule has 2 rings (SSSR count).